The predicted octanol–water partition coefficient (Wildman–Crippen LogP) is 6.42. The van der Waals surface area contributed by atoms with E-state index in [1.807, 2.05) is 25.3 Å². The molecular weight excluding hydrogens is 825 g/mol. The van der Waals surface area contributed by atoms with E-state index in [-0.39, 0.29) is 110 Å². The number of fused-ring (bicyclic) bond motifs is 6. The maximum Gasteiger partial charge on any atom is 0.324 e. The number of hydrazine groups is 1. The summed E-state index contributed by atoms with van der Waals surface area (Å²) >= 11 is 1.49. The number of aromatic nitrogens is 3. The lowest BCUT2D eigenvalue weighted by Gasteiger charge is -2.35. The zero-order chi connectivity index (χ0) is 36.0. The van der Waals surface area contributed by atoms with Crippen LogP contribution >= 0.6 is 78.8 Å². The molecular formula is C39H58N6O5S6. The maximum atomic E-state index is 14.0. The van der Waals surface area contributed by atoms with Crippen LogP contribution in [0.2, 0.25) is 0 Å². The lowest BCUT2D eigenvalue weighted by Crippen LogP contribution is -2.60. The van der Waals surface area contributed by atoms with Gasteiger partial charge in [-0.2, -0.15) is 67.5 Å². The van der Waals surface area contributed by atoms with E-state index in [1.165, 1.54) is 16.3 Å². The fraction of sp³-hybridized carbons (Fsp3) is 0.513. The SMILES string of the molecule is CCn1c(-c2cccnc2[C@H](C)OC)c2c3cc(ccc31)-c1csc(n1)C[C@H](NC(=O)[C@H]1C[C@@H]1C)C(=O)N1CCC[C@H](N1)C(=O)OCC(C)(C)C2.S.S.S.S.S. The van der Waals surface area contributed by atoms with E-state index in [0.717, 1.165) is 62.6 Å². The van der Waals surface area contributed by atoms with Crippen LogP contribution in [0.1, 0.15) is 76.3 Å². The first-order chi connectivity index (χ1) is 24.5. The lowest BCUT2D eigenvalue weighted by molar-refractivity contribution is -0.155. The number of amides is 2. The number of thiazole rings is 1. The number of benzene rings is 1. The molecule has 17 heteroatoms. The van der Waals surface area contributed by atoms with Gasteiger partial charge in [0.1, 0.15) is 12.1 Å². The maximum absolute atomic E-state index is 14.0. The quantitative estimate of drug-likeness (QED) is 0.213. The van der Waals surface area contributed by atoms with Gasteiger partial charge in [-0.3, -0.25) is 24.4 Å². The Kier molecular flexibility index (Phi) is 18.3. The molecule has 7 rings (SSSR count). The Morgan fingerprint density at radius 1 is 1.16 bits per heavy atom. The van der Waals surface area contributed by atoms with Crippen LogP contribution in [0.5, 0.6) is 0 Å². The van der Waals surface area contributed by atoms with Crippen molar-refractivity contribution >= 4 is 108 Å². The second kappa shape index (κ2) is 20.5. The first kappa shape index (κ1) is 49.8. The summed E-state index contributed by atoms with van der Waals surface area (Å²) in [6, 6.07) is 9.06. The van der Waals surface area contributed by atoms with Crippen molar-refractivity contribution in [1.29, 1.82) is 0 Å². The Morgan fingerprint density at radius 3 is 2.57 bits per heavy atom. The highest BCUT2D eigenvalue weighted by Crippen LogP contribution is 2.42. The number of methoxy groups -OCH3 is 1. The summed E-state index contributed by atoms with van der Waals surface area (Å²) in [5.74, 6) is -0.552. The molecule has 2 N–H and O–H groups in total. The molecule has 310 valence electrons. The van der Waals surface area contributed by atoms with Gasteiger partial charge in [0.15, 0.2) is 0 Å². The fourth-order valence-electron chi connectivity index (χ4n) is 7.53. The van der Waals surface area contributed by atoms with E-state index in [2.05, 4.69) is 60.3 Å². The summed E-state index contributed by atoms with van der Waals surface area (Å²) in [7, 11) is 1.70. The third-order valence-corrected chi connectivity index (χ3v) is 11.5. The van der Waals surface area contributed by atoms with Gasteiger partial charge in [-0.25, -0.2) is 10.4 Å². The van der Waals surface area contributed by atoms with Crippen molar-refractivity contribution < 1.29 is 23.9 Å². The second-order valence-corrected chi connectivity index (χ2v) is 16.0. The third-order valence-electron chi connectivity index (χ3n) is 10.6. The molecule has 56 heavy (non-hydrogen) atoms. The topological polar surface area (TPSA) is 128 Å². The second-order valence-electron chi connectivity index (χ2n) is 15.1. The van der Waals surface area contributed by atoms with Crippen molar-refractivity contribution in [2.24, 2.45) is 17.3 Å². The Labute approximate surface area is 369 Å². The number of nitrogens with zero attached hydrogens (tertiary/aromatic N) is 4. The minimum absolute atomic E-state index is 0. The van der Waals surface area contributed by atoms with Gasteiger partial charge in [-0.15, -0.1) is 11.3 Å². The molecule has 5 heterocycles. The van der Waals surface area contributed by atoms with Gasteiger partial charge in [0.05, 0.1) is 34.8 Å². The number of hydrogen-bond acceptors (Lipinski definition) is 9. The van der Waals surface area contributed by atoms with Gasteiger partial charge in [-0.1, -0.05) is 26.8 Å². The standard InChI is InChI=1S/C39H48N6O5S.5H2S/c1-7-44-32-13-12-24-17-27(32)28(35(44)25-10-8-14-40-34(25)23(3)49-6)19-39(4,5)21-50-38(48)29-11-9-15-45(43-29)37(47)30(18-33-41-31(24)20-51-33)42-36(46)26-16-22(26)2;;;;;/h8,10,12-14,17,20,22-23,26,29-30,43H,7,9,11,15-16,18-19,21H2,1-6H3,(H,42,46);5*1H2/t22-,23-,26-,29-,30-;;;;;/m0...../s1. The molecule has 6 bridgehead atoms. The van der Waals surface area contributed by atoms with Gasteiger partial charge in [0, 0.05) is 71.6 Å². The van der Waals surface area contributed by atoms with Gasteiger partial charge < -0.3 is 19.4 Å². The number of rotatable bonds is 6. The Hall–Kier alpha value is -2.38. The number of esters is 1. The number of hydrogen-bond donors (Lipinski definition) is 2. The van der Waals surface area contributed by atoms with E-state index in [9.17, 15) is 14.4 Å². The summed E-state index contributed by atoms with van der Waals surface area (Å²) in [4.78, 5) is 50.5. The molecule has 1 saturated heterocycles. The molecule has 4 aromatic rings. The molecule has 11 nitrogen and oxygen atoms in total. The number of carbonyl (C=O) groups excluding carboxylic acids is 3. The van der Waals surface area contributed by atoms with Crippen molar-refractivity contribution in [3.63, 3.8) is 0 Å². The highest BCUT2D eigenvalue weighted by molar-refractivity contribution is 7.60. The smallest absolute Gasteiger partial charge is 0.324 e. The van der Waals surface area contributed by atoms with Crippen LogP contribution in [-0.2, 0) is 43.2 Å². The number of nitrogens with one attached hydrogen (secondary N) is 2. The van der Waals surface area contributed by atoms with E-state index >= 15 is 0 Å². The molecule has 3 aromatic heterocycles. The Balaban J connectivity index is 0.00000217. The van der Waals surface area contributed by atoms with Gasteiger partial charge >= 0.3 is 5.97 Å². The number of pyridine rings is 1. The van der Waals surface area contributed by atoms with E-state index in [1.54, 1.807) is 13.3 Å². The monoisotopic (exact) mass is 882 g/mol. The lowest BCUT2D eigenvalue weighted by atomic mass is 9.84. The van der Waals surface area contributed by atoms with E-state index < -0.39 is 17.5 Å². The molecule has 0 spiro atoms. The zero-order valence-electron chi connectivity index (χ0n) is 32.8. The zero-order valence-corrected chi connectivity index (χ0v) is 38.6. The Morgan fingerprint density at radius 2 is 1.89 bits per heavy atom. The predicted molar refractivity (Wildman–Crippen MR) is 249 cm³/mol. The van der Waals surface area contributed by atoms with Crippen molar-refractivity contribution in [3.8, 4) is 22.5 Å². The van der Waals surface area contributed by atoms with E-state index in [0.29, 0.717) is 31.7 Å². The number of aryl methyl sites for hydroxylation is 1. The highest BCUT2D eigenvalue weighted by atomic mass is 32.1. The van der Waals surface area contributed by atoms with Crippen molar-refractivity contribution in [3.05, 3.63) is 58.2 Å². The van der Waals surface area contributed by atoms with Crippen LogP contribution in [0.4, 0.5) is 0 Å². The molecule has 5 atom stereocenters. The first-order valence-electron chi connectivity index (χ1n) is 18.1. The molecule has 2 aliphatic heterocycles. The largest absolute Gasteiger partial charge is 0.464 e. The fourth-order valence-corrected chi connectivity index (χ4v) is 8.38. The number of cyclic esters (lactones) is 1. The van der Waals surface area contributed by atoms with Crippen molar-refractivity contribution in [2.75, 3.05) is 20.3 Å². The molecule has 3 aliphatic rings. The van der Waals surface area contributed by atoms with Crippen molar-refractivity contribution in [1.82, 2.24) is 30.3 Å². The van der Waals surface area contributed by atoms with Crippen LogP contribution in [0.25, 0.3) is 33.4 Å². The van der Waals surface area contributed by atoms with Crippen molar-refractivity contribution in [2.45, 2.75) is 91.5 Å². The van der Waals surface area contributed by atoms with Gasteiger partial charge in [0.2, 0.25) is 5.91 Å². The summed E-state index contributed by atoms with van der Waals surface area (Å²) in [5.41, 5.74) is 9.69. The van der Waals surface area contributed by atoms with E-state index in [4.69, 9.17) is 19.4 Å². The number of ether oxygens (including phenoxy) is 2. The van der Waals surface area contributed by atoms with Gasteiger partial charge in [-0.05, 0) is 75.3 Å². The molecule has 0 unspecified atom stereocenters. The normalized spacial score (nSPS) is 22.0. The third kappa shape index (κ3) is 10.2. The average Bonchev–Trinajstić information content (AvgIpc) is 3.56. The van der Waals surface area contributed by atoms with Crippen LogP contribution < -0.4 is 10.7 Å². The van der Waals surface area contributed by atoms with Crippen LogP contribution in [0.15, 0.2) is 41.9 Å². The summed E-state index contributed by atoms with van der Waals surface area (Å²) in [6.07, 6.45) is 4.47. The molecule has 0 radical (unpaired) electrons. The summed E-state index contributed by atoms with van der Waals surface area (Å²) < 4.78 is 14.2. The number of carbonyl (C=O) groups is 3. The first-order valence-corrected chi connectivity index (χ1v) is 19.0. The molecule has 2 fully saturated rings. The average molecular weight is 883 g/mol. The Bertz CT molecular complexity index is 1990. The molecule has 1 aromatic carbocycles. The highest BCUT2D eigenvalue weighted by Gasteiger charge is 2.42. The van der Waals surface area contributed by atoms with Crippen LogP contribution in [0.3, 0.4) is 0 Å². The van der Waals surface area contributed by atoms with Gasteiger partial charge in [0.25, 0.3) is 5.91 Å². The summed E-state index contributed by atoms with van der Waals surface area (Å²) in [5, 5.41) is 8.41. The van der Waals surface area contributed by atoms with Crippen LogP contribution in [-0.4, -0.2) is 69.7 Å². The minimum atomic E-state index is -0.817. The van der Waals surface area contributed by atoms with Crippen LogP contribution in [0, 0.1) is 17.3 Å². The minimum Gasteiger partial charge on any atom is -0.464 e. The molecule has 1 aliphatic carbocycles. The molecule has 2 amide bonds. The molecule has 1 saturated carbocycles. The summed E-state index contributed by atoms with van der Waals surface area (Å²) in [6.45, 7) is 11.8.